The number of allylic oxidation sites excluding steroid dienone is 13. The fourth-order valence-electron chi connectivity index (χ4n) is 10.6. The molecule has 0 aliphatic heterocycles. The zero-order valence-electron chi connectivity index (χ0n) is 56.1. The molecule has 3 N–H and O–H groups in total. The number of phosphoric acid groups is 1. The SMILES string of the molecule is CC/C=C\C/C=C\C/C=C\C/C=C\C/C=C\C/C=C\CCCCCCCCCCCCCCCCCCCCCCCCC(=O)NC(COP(=O)(O)OCC[N+](C)(C)C)C(O)/C=C/CCCCCCCCCCCCCCCCCCCCC. The summed E-state index contributed by atoms with van der Waals surface area (Å²) in [6, 6.07) is -0.849. The van der Waals surface area contributed by atoms with E-state index in [1.165, 1.54) is 238 Å². The van der Waals surface area contributed by atoms with Crippen molar-refractivity contribution in [3.05, 3.63) is 85.1 Å². The first-order valence-electron chi connectivity index (χ1n) is 36.0. The third-order valence-electron chi connectivity index (χ3n) is 16.1. The van der Waals surface area contributed by atoms with Crippen LogP contribution in [0.2, 0.25) is 0 Å². The van der Waals surface area contributed by atoms with Gasteiger partial charge in [0.25, 0.3) is 0 Å². The molecule has 0 aromatic rings. The molecule has 0 heterocycles. The first kappa shape index (κ1) is 81.7. The largest absolute Gasteiger partial charge is 0.472 e. The van der Waals surface area contributed by atoms with Crippen LogP contribution in [0.5, 0.6) is 0 Å². The minimum atomic E-state index is -4.35. The van der Waals surface area contributed by atoms with Gasteiger partial charge in [-0.15, -0.1) is 0 Å². The molecule has 3 unspecified atom stereocenters. The Kier molecular flexibility index (Phi) is 63.3. The van der Waals surface area contributed by atoms with Crippen LogP contribution in [0.4, 0.5) is 0 Å². The lowest BCUT2D eigenvalue weighted by Gasteiger charge is -2.25. The molecular formula is C75H140N2O6P+. The normalized spacial score (nSPS) is 14.1. The predicted octanol–water partition coefficient (Wildman–Crippen LogP) is 23.1. The quantitative estimate of drug-likeness (QED) is 0.0243. The zero-order chi connectivity index (χ0) is 61.2. The second-order valence-electron chi connectivity index (χ2n) is 25.6. The van der Waals surface area contributed by atoms with E-state index in [4.69, 9.17) is 9.05 Å². The maximum Gasteiger partial charge on any atom is 0.472 e. The van der Waals surface area contributed by atoms with E-state index in [-0.39, 0.29) is 19.1 Å². The molecule has 0 aliphatic carbocycles. The van der Waals surface area contributed by atoms with Crippen LogP contribution in [0.3, 0.4) is 0 Å². The van der Waals surface area contributed by atoms with Crippen LogP contribution in [-0.4, -0.2) is 73.4 Å². The van der Waals surface area contributed by atoms with Gasteiger partial charge in [-0.2, -0.15) is 0 Å². The number of nitrogens with zero attached hydrogens (tertiary/aromatic N) is 1. The molecule has 0 fully saturated rings. The minimum Gasteiger partial charge on any atom is -0.387 e. The van der Waals surface area contributed by atoms with Crippen molar-refractivity contribution in [1.29, 1.82) is 0 Å². The monoisotopic (exact) mass is 1200 g/mol. The number of carbonyl (C=O) groups is 1. The van der Waals surface area contributed by atoms with Gasteiger partial charge in [0.15, 0.2) is 0 Å². The van der Waals surface area contributed by atoms with Crippen molar-refractivity contribution in [2.24, 2.45) is 0 Å². The van der Waals surface area contributed by atoms with Gasteiger partial charge in [0.1, 0.15) is 13.2 Å². The molecule has 0 rings (SSSR count). The molecule has 0 saturated heterocycles. The lowest BCUT2D eigenvalue weighted by atomic mass is 10.0. The Labute approximate surface area is 522 Å². The third kappa shape index (κ3) is 67.2. The second-order valence-corrected chi connectivity index (χ2v) is 27.0. The summed E-state index contributed by atoms with van der Waals surface area (Å²) < 4.78 is 23.8. The highest BCUT2D eigenvalue weighted by Gasteiger charge is 2.28. The summed E-state index contributed by atoms with van der Waals surface area (Å²) in [6.07, 6.45) is 93.1. The van der Waals surface area contributed by atoms with E-state index >= 15 is 0 Å². The van der Waals surface area contributed by atoms with Gasteiger partial charge in [-0.05, 0) is 70.6 Å². The Morgan fingerprint density at radius 1 is 0.417 bits per heavy atom. The van der Waals surface area contributed by atoms with Gasteiger partial charge in [0, 0.05) is 6.42 Å². The Balaban J connectivity index is 3.96. The van der Waals surface area contributed by atoms with Crippen molar-refractivity contribution in [2.45, 2.75) is 347 Å². The number of quaternary nitrogens is 1. The van der Waals surface area contributed by atoms with Crippen LogP contribution >= 0.6 is 7.82 Å². The molecule has 9 heteroatoms. The maximum absolute atomic E-state index is 13.1. The molecule has 0 spiro atoms. The van der Waals surface area contributed by atoms with Crippen molar-refractivity contribution in [1.82, 2.24) is 5.32 Å². The van der Waals surface area contributed by atoms with E-state index in [0.717, 1.165) is 77.0 Å². The van der Waals surface area contributed by atoms with E-state index in [1.807, 2.05) is 27.2 Å². The lowest BCUT2D eigenvalue weighted by Crippen LogP contribution is -2.45. The van der Waals surface area contributed by atoms with Gasteiger partial charge in [-0.1, -0.05) is 343 Å². The molecule has 0 saturated carbocycles. The fraction of sp³-hybridized carbons (Fsp3) is 0.800. The van der Waals surface area contributed by atoms with Gasteiger partial charge in [-0.25, -0.2) is 4.57 Å². The molecule has 0 bridgehead atoms. The number of hydrogen-bond donors (Lipinski definition) is 3. The van der Waals surface area contributed by atoms with Crippen LogP contribution in [0, 0.1) is 0 Å². The smallest absolute Gasteiger partial charge is 0.387 e. The molecule has 8 nitrogen and oxygen atoms in total. The highest BCUT2D eigenvalue weighted by atomic mass is 31.2. The predicted molar refractivity (Wildman–Crippen MR) is 369 cm³/mol. The van der Waals surface area contributed by atoms with E-state index in [1.54, 1.807) is 6.08 Å². The molecule has 0 aromatic carbocycles. The Morgan fingerprint density at radius 2 is 0.714 bits per heavy atom. The fourth-order valence-corrected chi connectivity index (χ4v) is 11.3. The van der Waals surface area contributed by atoms with Crippen molar-refractivity contribution < 1.29 is 32.9 Å². The molecule has 3 atom stereocenters. The standard InChI is InChI=1S/C75H139N2O6P/c1-6-8-10-12-14-16-18-20-22-24-26-28-29-30-31-32-33-34-35-36-37-38-39-40-41-42-43-44-45-46-47-49-51-53-55-57-59-61-63-65-67-69-75(79)76-73(72-83-84(80,81)82-71-70-77(3,4)5)74(78)68-66-64-62-60-58-56-54-52-50-48-27-25-23-21-19-17-15-13-11-9-7-2/h8,10,14,16,20,22,26,28,30-31,33-34,66,68,73-74,78H,6-7,9,11-13,15,17-19,21,23-25,27,29,32,35-65,67,69-72H2,1-5H3,(H-,76,79,80,81)/p+1/b10-8-,16-14-,22-20-,28-26-,31-30-,34-33-,68-66+. The van der Waals surface area contributed by atoms with E-state index in [2.05, 4.69) is 92.1 Å². The maximum atomic E-state index is 13.1. The summed E-state index contributed by atoms with van der Waals surface area (Å²) >= 11 is 0. The van der Waals surface area contributed by atoms with Crippen molar-refractivity contribution in [3.63, 3.8) is 0 Å². The second kappa shape index (κ2) is 65.1. The van der Waals surface area contributed by atoms with Gasteiger partial charge < -0.3 is 19.8 Å². The zero-order valence-corrected chi connectivity index (χ0v) is 57.0. The number of aliphatic hydroxyl groups is 1. The van der Waals surface area contributed by atoms with Crippen LogP contribution < -0.4 is 5.32 Å². The summed E-state index contributed by atoms with van der Waals surface area (Å²) in [5.41, 5.74) is 0. The van der Waals surface area contributed by atoms with Crippen molar-refractivity contribution in [2.75, 3.05) is 40.9 Å². The number of phosphoric ester groups is 1. The lowest BCUT2D eigenvalue weighted by molar-refractivity contribution is -0.870. The first-order valence-corrected chi connectivity index (χ1v) is 37.5. The summed E-state index contributed by atoms with van der Waals surface area (Å²) in [5, 5.41) is 14.0. The average molecular weight is 1200 g/mol. The highest BCUT2D eigenvalue weighted by Crippen LogP contribution is 2.43. The molecule has 0 aliphatic rings. The minimum absolute atomic E-state index is 0.0617. The number of carbonyl (C=O) groups excluding carboxylic acids is 1. The number of rotatable bonds is 66. The van der Waals surface area contributed by atoms with E-state index < -0.39 is 20.0 Å². The average Bonchev–Trinajstić information content (AvgIpc) is 3.56. The summed E-state index contributed by atoms with van der Waals surface area (Å²) in [6.45, 7) is 4.74. The number of hydrogen-bond acceptors (Lipinski definition) is 5. The summed E-state index contributed by atoms with van der Waals surface area (Å²) in [5.74, 6) is -0.172. The molecule has 0 aromatic heterocycles. The Bertz CT molecular complexity index is 1650. The third-order valence-corrected chi connectivity index (χ3v) is 17.1. The Morgan fingerprint density at radius 3 is 1.05 bits per heavy atom. The topological polar surface area (TPSA) is 105 Å². The first-order chi connectivity index (χ1) is 41.0. The molecule has 1 amide bonds. The van der Waals surface area contributed by atoms with E-state index in [0.29, 0.717) is 17.4 Å². The van der Waals surface area contributed by atoms with Gasteiger partial charge in [-0.3, -0.25) is 13.8 Å². The molecule has 490 valence electrons. The summed E-state index contributed by atoms with van der Waals surface area (Å²) in [4.78, 5) is 23.4. The van der Waals surface area contributed by atoms with Crippen LogP contribution in [0.25, 0.3) is 0 Å². The van der Waals surface area contributed by atoms with E-state index in [9.17, 15) is 19.4 Å². The van der Waals surface area contributed by atoms with Gasteiger partial charge >= 0.3 is 7.82 Å². The number of amides is 1. The number of aliphatic hydroxyl groups excluding tert-OH is 1. The van der Waals surface area contributed by atoms with Crippen LogP contribution in [0.15, 0.2) is 85.1 Å². The molecule has 84 heavy (non-hydrogen) atoms. The highest BCUT2D eigenvalue weighted by molar-refractivity contribution is 7.47. The number of nitrogens with one attached hydrogen (secondary N) is 1. The van der Waals surface area contributed by atoms with Crippen molar-refractivity contribution in [3.8, 4) is 0 Å². The number of likely N-dealkylation sites (N-methyl/N-ethyl adjacent to an activating group) is 1. The molecular weight excluding hydrogens is 1060 g/mol. The van der Waals surface area contributed by atoms with Crippen molar-refractivity contribution >= 4 is 13.7 Å². The Hall–Kier alpha value is -2.32. The van der Waals surface area contributed by atoms with Crippen LogP contribution in [0.1, 0.15) is 335 Å². The van der Waals surface area contributed by atoms with Crippen LogP contribution in [-0.2, 0) is 18.4 Å². The van der Waals surface area contributed by atoms with Gasteiger partial charge in [0.2, 0.25) is 5.91 Å². The van der Waals surface area contributed by atoms with Gasteiger partial charge in [0.05, 0.1) is 39.9 Å². The summed E-state index contributed by atoms with van der Waals surface area (Å²) in [7, 11) is 1.58. The molecule has 0 radical (unpaired) electrons. The number of unbranched alkanes of at least 4 members (excludes halogenated alkanes) is 41.